The number of nitrogens with one attached hydrogen (secondary N) is 2. The zero-order valence-electron chi connectivity index (χ0n) is 16.4. The maximum Gasteiger partial charge on any atom is 0.251 e. The number of hydrogen-bond donors (Lipinski definition) is 2. The van der Waals surface area contributed by atoms with Crippen molar-refractivity contribution < 1.29 is 9.59 Å². The molecule has 0 bridgehead atoms. The first-order valence-electron chi connectivity index (χ1n) is 9.69. The molecule has 2 amide bonds. The van der Waals surface area contributed by atoms with Crippen LogP contribution in [0.15, 0.2) is 18.2 Å². The van der Waals surface area contributed by atoms with Crippen molar-refractivity contribution in [2.24, 2.45) is 0 Å². The smallest absolute Gasteiger partial charge is 0.251 e. The van der Waals surface area contributed by atoms with Crippen LogP contribution in [-0.2, 0) is 17.6 Å². The van der Waals surface area contributed by atoms with Crippen LogP contribution in [0.2, 0.25) is 0 Å². The molecule has 0 spiro atoms. The molecule has 2 aliphatic carbocycles. The average Bonchev–Trinajstić information content (AvgIpc) is 3.23. The van der Waals surface area contributed by atoms with Gasteiger partial charge in [-0.25, -0.2) is 0 Å². The van der Waals surface area contributed by atoms with Gasteiger partial charge in [-0.1, -0.05) is 12.1 Å². The van der Waals surface area contributed by atoms with Gasteiger partial charge in [-0.05, 0) is 83.7 Å². The second-order valence-electron chi connectivity index (χ2n) is 8.40. The van der Waals surface area contributed by atoms with Crippen LogP contribution >= 0.6 is 0 Å². The zero-order chi connectivity index (χ0) is 18.9. The maximum atomic E-state index is 12.7. The Bertz CT molecular complexity index is 696. The fourth-order valence-electron chi connectivity index (χ4n) is 3.90. The molecule has 3 rings (SSSR count). The Balaban J connectivity index is 1.56. The third kappa shape index (κ3) is 3.78. The predicted octanol–water partition coefficient (Wildman–Crippen LogP) is 2.28. The molecule has 0 saturated heterocycles. The summed E-state index contributed by atoms with van der Waals surface area (Å²) in [7, 11) is 3.82. The molecule has 5 heteroatoms. The summed E-state index contributed by atoms with van der Waals surface area (Å²) in [6, 6.07) is 6.32. The van der Waals surface area contributed by atoms with Crippen molar-refractivity contribution in [3.8, 4) is 0 Å². The Morgan fingerprint density at radius 2 is 1.77 bits per heavy atom. The van der Waals surface area contributed by atoms with Crippen LogP contribution in [0.5, 0.6) is 0 Å². The lowest BCUT2D eigenvalue weighted by atomic mass is 10.0. The second-order valence-corrected chi connectivity index (χ2v) is 8.40. The molecule has 0 heterocycles. The first-order valence-corrected chi connectivity index (χ1v) is 9.69. The Hall–Kier alpha value is -1.88. The Morgan fingerprint density at radius 1 is 1.08 bits per heavy atom. The van der Waals surface area contributed by atoms with E-state index in [0.717, 1.165) is 44.1 Å². The number of carbonyl (C=O) groups excluding carboxylic acids is 2. The van der Waals surface area contributed by atoms with Crippen LogP contribution in [0, 0.1) is 0 Å². The van der Waals surface area contributed by atoms with E-state index in [0.29, 0.717) is 0 Å². The minimum atomic E-state index is -0.536. The molecular weight excluding hydrogens is 326 g/mol. The van der Waals surface area contributed by atoms with Gasteiger partial charge in [0, 0.05) is 17.6 Å². The Morgan fingerprint density at radius 3 is 2.46 bits per heavy atom. The van der Waals surface area contributed by atoms with Gasteiger partial charge >= 0.3 is 0 Å². The lowest BCUT2D eigenvalue weighted by Crippen LogP contribution is -2.54. The molecule has 142 valence electrons. The molecule has 26 heavy (non-hydrogen) atoms. The minimum absolute atomic E-state index is 0.0364. The normalized spacial score (nSPS) is 22.3. The Labute approximate surface area is 156 Å². The summed E-state index contributed by atoms with van der Waals surface area (Å²) in [5.74, 6) is 0.0784. The van der Waals surface area contributed by atoms with Gasteiger partial charge in [0.05, 0.1) is 5.54 Å². The SMILES string of the molecule is CN(C)C(C)(C)C(=O)N[C@@H]1CC[C@H](NC(=O)c2cccc3c2CCC3)C1. The molecule has 5 nitrogen and oxygen atoms in total. The van der Waals surface area contributed by atoms with Gasteiger partial charge in [0.1, 0.15) is 0 Å². The first-order chi connectivity index (χ1) is 12.3. The van der Waals surface area contributed by atoms with Crippen molar-refractivity contribution in [3.63, 3.8) is 0 Å². The molecule has 2 atom stereocenters. The maximum absolute atomic E-state index is 12.7. The standard InChI is InChI=1S/C21H31N3O2/c1-21(2,24(3)4)20(26)23-16-12-11-15(13-16)22-19(25)18-10-6-8-14-7-5-9-17(14)18/h6,8,10,15-16H,5,7,9,11-13H2,1-4H3,(H,22,25)(H,23,26)/t15-,16+/m0/s1. The quantitative estimate of drug-likeness (QED) is 0.850. The van der Waals surface area contributed by atoms with E-state index in [9.17, 15) is 9.59 Å². The van der Waals surface area contributed by atoms with E-state index in [1.54, 1.807) is 0 Å². The lowest BCUT2D eigenvalue weighted by Gasteiger charge is -2.32. The number of carbonyl (C=O) groups is 2. The topological polar surface area (TPSA) is 61.4 Å². The van der Waals surface area contributed by atoms with Gasteiger partial charge in [0.2, 0.25) is 5.91 Å². The Kier molecular flexibility index (Phi) is 5.37. The van der Waals surface area contributed by atoms with E-state index in [-0.39, 0.29) is 23.9 Å². The zero-order valence-corrected chi connectivity index (χ0v) is 16.4. The molecule has 1 aromatic rings. The summed E-state index contributed by atoms with van der Waals surface area (Å²) in [5.41, 5.74) is 2.84. The molecule has 1 saturated carbocycles. The van der Waals surface area contributed by atoms with Crippen LogP contribution < -0.4 is 10.6 Å². The average molecular weight is 357 g/mol. The van der Waals surface area contributed by atoms with E-state index in [1.807, 2.05) is 45.0 Å². The van der Waals surface area contributed by atoms with Crippen molar-refractivity contribution in [1.29, 1.82) is 0 Å². The molecule has 2 aliphatic rings. The monoisotopic (exact) mass is 357 g/mol. The van der Waals surface area contributed by atoms with Crippen LogP contribution in [0.4, 0.5) is 0 Å². The summed E-state index contributed by atoms with van der Waals surface area (Å²) in [5, 5.41) is 6.34. The first kappa shape index (κ1) is 18.9. The van der Waals surface area contributed by atoms with Crippen molar-refractivity contribution in [1.82, 2.24) is 15.5 Å². The van der Waals surface area contributed by atoms with Gasteiger partial charge in [-0.3, -0.25) is 14.5 Å². The molecule has 0 aromatic heterocycles. The lowest BCUT2D eigenvalue weighted by molar-refractivity contribution is -0.130. The summed E-state index contributed by atoms with van der Waals surface area (Å²) in [4.78, 5) is 27.2. The van der Waals surface area contributed by atoms with Gasteiger partial charge in [0.15, 0.2) is 0 Å². The highest BCUT2D eigenvalue weighted by Gasteiger charge is 2.34. The van der Waals surface area contributed by atoms with E-state index >= 15 is 0 Å². The molecule has 0 unspecified atom stereocenters. The fourth-order valence-corrected chi connectivity index (χ4v) is 3.90. The highest BCUT2D eigenvalue weighted by atomic mass is 16.2. The van der Waals surface area contributed by atoms with Crippen molar-refractivity contribution in [2.75, 3.05) is 14.1 Å². The van der Waals surface area contributed by atoms with Crippen LogP contribution in [0.1, 0.15) is 61.0 Å². The van der Waals surface area contributed by atoms with Crippen molar-refractivity contribution in [2.45, 2.75) is 70.0 Å². The van der Waals surface area contributed by atoms with Crippen LogP contribution in [0.3, 0.4) is 0 Å². The minimum Gasteiger partial charge on any atom is -0.352 e. The van der Waals surface area contributed by atoms with Crippen LogP contribution in [-0.4, -0.2) is 48.4 Å². The second kappa shape index (κ2) is 7.39. The number of rotatable bonds is 5. The predicted molar refractivity (Wildman–Crippen MR) is 103 cm³/mol. The molecule has 1 fully saturated rings. The number of aryl methyl sites for hydroxylation is 1. The van der Waals surface area contributed by atoms with Gasteiger partial charge in [-0.15, -0.1) is 0 Å². The van der Waals surface area contributed by atoms with Gasteiger partial charge in [-0.2, -0.15) is 0 Å². The number of hydrogen-bond acceptors (Lipinski definition) is 3. The third-order valence-electron chi connectivity index (χ3n) is 6.17. The molecule has 1 aromatic carbocycles. The summed E-state index contributed by atoms with van der Waals surface area (Å²) in [6.45, 7) is 3.85. The fraction of sp³-hybridized carbons (Fsp3) is 0.619. The van der Waals surface area contributed by atoms with Crippen molar-refractivity contribution in [3.05, 3.63) is 34.9 Å². The van der Waals surface area contributed by atoms with E-state index < -0.39 is 5.54 Å². The number of nitrogens with zero attached hydrogens (tertiary/aromatic N) is 1. The number of amides is 2. The summed E-state index contributed by atoms with van der Waals surface area (Å²) in [6.07, 6.45) is 5.84. The number of fused-ring (bicyclic) bond motifs is 1. The van der Waals surface area contributed by atoms with Gasteiger partial charge < -0.3 is 10.6 Å². The summed E-state index contributed by atoms with van der Waals surface area (Å²) >= 11 is 0. The third-order valence-corrected chi connectivity index (χ3v) is 6.17. The molecule has 0 radical (unpaired) electrons. The van der Waals surface area contributed by atoms with Crippen molar-refractivity contribution >= 4 is 11.8 Å². The number of benzene rings is 1. The van der Waals surface area contributed by atoms with E-state index in [1.165, 1.54) is 11.1 Å². The molecule has 2 N–H and O–H groups in total. The molecular formula is C21H31N3O2. The van der Waals surface area contributed by atoms with Gasteiger partial charge in [0.25, 0.3) is 5.91 Å². The van der Waals surface area contributed by atoms with E-state index in [4.69, 9.17) is 0 Å². The van der Waals surface area contributed by atoms with Crippen LogP contribution in [0.25, 0.3) is 0 Å². The summed E-state index contributed by atoms with van der Waals surface area (Å²) < 4.78 is 0. The van der Waals surface area contributed by atoms with E-state index in [2.05, 4.69) is 16.7 Å². The highest BCUT2D eigenvalue weighted by molar-refractivity contribution is 5.96. The highest BCUT2D eigenvalue weighted by Crippen LogP contribution is 2.26. The largest absolute Gasteiger partial charge is 0.352 e. The number of likely N-dealkylation sites (N-methyl/N-ethyl adjacent to an activating group) is 1. The molecule has 0 aliphatic heterocycles.